The summed E-state index contributed by atoms with van der Waals surface area (Å²) >= 11 is 0. The molecule has 170 valence electrons. The first kappa shape index (κ1) is 23.1. The van der Waals surface area contributed by atoms with Crippen molar-refractivity contribution in [2.24, 2.45) is 0 Å². The standard InChI is InChI=1S/C32H30O2/c1-3-11-29-21-27(17-19-31(29)33-23-25-13-7-5-8-14-25)28-18-20-32(30(22-28)12-4-2)34-24-26-15-9-6-10-16-26/h3-10,13-22H,1-2,11-12,23-24H2. The zero-order valence-electron chi connectivity index (χ0n) is 19.5. The molecule has 0 radical (unpaired) electrons. The lowest BCUT2D eigenvalue weighted by Gasteiger charge is -2.15. The fourth-order valence-corrected chi connectivity index (χ4v) is 3.90. The first-order valence-corrected chi connectivity index (χ1v) is 11.6. The number of hydrogen-bond donors (Lipinski definition) is 0. The molecule has 0 atom stereocenters. The number of allylic oxidation sites excluding steroid dienone is 2. The van der Waals surface area contributed by atoms with Crippen molar-refractivity contribution in [3.05, 3.63) is 145 Å². The Balaban J connectivity index is 1.55. The summed E-state index contributed by atoms with van der Waals surface area (Å²) in [5, 5.41) is 0. The minimum atomic E-state index is 0.543. The SMILES string of the molecule is C=CCc1cc(-c2ccc(OCc3ccccc3)c(CC=C)c2)ccc1OCc1ccccc1. The van der Waals surface area contributed by atoms with Crippen LogP contribution in [-0.4, -0.2) is 0 Å². The van der Waals surface area contributed by atoms with Crippen molar-refractivity contribution in [2.45, 2.75) is 26.1 Å². The molecule has 0 spiro atoms. The molecule has 4 aromatic rings. The molecule has 0 aliphatic rings. The lowest BCUT2D eigenvalue weighted by Crippen LogP contribution is -2.00. The van der Waals surface area contributed by atoms with E-state index in [0.29, 0.717) is 13.2 Å². The van der Waals surface area contributed by atoms with E-state index in [0.717, 1.165) is 57.7 Å². The van der Waals surface area contributed by atoms with Gasteiger partial charge < -0.3 is 9.47 Å². The van der Waals surface area contributed by atoms with E-state index in [-0.39, 0.29) is 0 Å². The summed E-state index contributed by atoms with van der Waals surface area (Å²) in [6.07, 6.45) is 5.32. The third-order valence-electron chi connectivity index (χ3n) is 5.66. The van der Waals surface area contributed by atoms with Gasteiger partial charge in [0, 0.05) is 0 Å². The normalized spacial score (nSPS) is 10.5. The molecule has 4 aromatic carbocycles. The van der Waals surface area contributed by atoms with Gasteiger partial charge in [-0.05, 0) is 70.5 Å². The van der Waals surface area contributed by atoms with Crippen LogP contribution in [0.3, 0.4) is 0 Å². The largest absolute Gasteiger partial charge is 0.489 e. The van der Waals surface area contributed by atoms with Crippen LogP contribution >= 0.6 is 0 Å². The second-order valence-electron chi connectivity index (χ2n) is 8.18. The maximum atomic E-state index is 6.14. The minimum Gasteiger partial charge on any atom is -0.489 e. The van der Waals surface area contributed by atoms with Crippen LogP contribution < -0.4 is 9.47 Å². The Hall–Kier alpha value is -4.04. The molecule has 0 fully saturated rings. The van der Waals surface area contributed by atoms with E-state index >= 15 is 0 Å². The van der Waals surface area contributed by atoms with Crippen LogP contribution in [0.2, 0.25) is 0 Å². The van der Waals surface area contributed by atoms with Gasteiger partial charge in [-0.2, -0.15) is 0 Å². The molecular formula is C32H30O2. The molecule has 2 nitrogen and oxygen atoms in total. The number of hydrogen-bond acceptors (Lipinski definition) is 2. The van der Waals surface area contributed by atoms with E-state index < -0.39 is 0 Å². The minimum absolute atomic E-state index is 0.543. The van der Waals surface area contributed by atoms with Crippen LogP contribution in [0.1, 0.15) is 22.3 Å². The Kier molecular flexibility index (Phi) is 7.97. The highest BCUT2D eigenvalue weighted by Crippen LogP contribution is 2.32. The average Bonchev–Trinajstić information content (AvgIpc) is 2.89. The van der Waals surface area contributed by atoms with Crippen molar-refractivity contribution in [1.29, 1.82) is 0 Å². The quantitative estimate of drug-likeness (QED) is 0.218. The number of ether oxygens (including phenoxy) is 2. The average molecular weight is 447 g/mol. The number of benzene rings is 4. The fourth-order valence-electron chi connectivity index (χ4n) is 3.90. The maximum Gasteiger partial charge on any atom is 0.123 e. The van der Waals surface area contributed by atoms with Crippen LogP contribution in [0.15, 0.2) is 122 Å². The van der Waals surface area contributed by atoms with Crippen LogP contribution in [0.25, 0.3) is 11.1 Å². The summed E-state index contributed by atoms with van der Waals surface area (Å²) < 4.78 is 12.3. The summed E-state index contributed by atoms with van der Waals surface area (Å²) in [7, 11) is 0. The van der Waals surface area contributed by atoms with Gasteiger partial charge >= 0.3 is 0 Å². The van der Waals surface area contributed by atoms with Gasteiger partial charge in [0.1, 0.15) is 24.7 Å². The van der Waals surface area contributed by atoms with E-state index in [1.807, 2.05) is 48.6 Å². The lowest BCUT2D eigenvalue weighted by molar-refractivity contribution is 0.303. The smallest absolute Gasteiger partial charge is 0.123 e. The second-order valence-corrected chi connectivity index (χ2v) is 8.18. The predicted molar refractivity (Wildman–Crippen MR) is 141 cm³/mol. The summed E-state index contributed by atoms with van der Waals surface area (Å²) in [5.74, 6) is 1.78. The van der Waals surface area contributed by atoms with Gasteiger partial charge in [-0.1, -0.05) is 84.9 Å². The summed E-state index contributed by atoms with van der Waals surface area (Å²) in [6.45, 7) is 8.95. The maximum absolute atomic E-state index is 6.14. The third-order valence-corrected chi connectivity index (χ3v) is 5.66. The van der Waals surface area contributed by atoms with Crippen molar-refractivity contribution in [1.82, 2.24) is 0 Å². The van der Waals surface area contributed by atoms with Gasteiger partial charge in [-0.15, -0.1) is 13.2 Å². The van der Waals surface area contributed by atoms with Gasteiger partial charge in [0.2, 0.25) is 0 Å². The molecule has 4 rings (SSSR count). The first-order valence-electron chi connectivity index (χ1n) is 11.6. The lowest BCUT2D eigenvalue weighted by atomic mass is 9.98. The third kappa shape index (κ3) is 6.05. The van der Waals surface area contributed by atoms with Crippen molar-refractivity contribution in [3.63, 3.8) is 0 Å². The van der Waals surface area contributed by atoms with Crippen molar-refractivity contribution >= 4 is 0 Å². The molecule has 2 heteroatoms. The zero-order chi connectivity index (χ0) is 23.6. The highest BCUT2D eigenvalue weighted by Gasteiger charge is 2.10. The van der Waals surface area contributed by atoms with Crippen LogP contribution in [0.4, 0.5) is 0 Å². The van der Waals surface area contributed by atoms with Crippen LogP contribution in [0, 0.1) is 0 Å². The van der Waals surface area contributed by atoms with E-state index in [4.69, 9.17) is 9.47 Å². The molecule has 0 bridgehead atoms. The van der Waals surface area contributed by atoms with Gasteiger partial charge in [-0.3, -0.25) is 0 Å². The molecule has 0 saturated heterocycles. The van der Waals surface area contributed by atoms with Gasteiger partial charge in [0.25, 0.3) is 0 Å². The topological polar surface area (TPSA) is 18.5 Å². The molecular weight excluding hydrogens is 416 g/mol. The van der Waals surface area contributed by atoms with E-state index in [1.54, 1.807) is 0 Å². The van der Waals surface area contributed by atoms with E-state index in [1.165, 1.54) is 0 Å². The Bertz CT molecular complexity index is 1130. The van der Waals surface area contributed by atoms with Crippen LogP contribution in [0.5, 0.6) is 11.5 Å². The Labute approximate surface area is 202 Å². The highest BCUT2D eigenvalue weighted by molar-refractivity contribution is 5.68. The molecule has 0 N–H and O–H groups in total. The van der Waals surface area contributed by atoms with Gasteiger partial charge in [0.15, 0.2) is 0 Å². The Morgan fingerprint density at radius 2 is 0.941 bits per heavy atom. The van der Waals surface area contributed by atoms with Crippen molar-refractivity contribution in [2.75, 3.05) is 0 Å². The molecule has 0 unspecified atom stereocenters. The Morgan fingerprint density at radius 1 is 0.529 bits per heavy atom. The van der Waals surface area contributed by atoms with E-state index in [2.05, 4.69) is 73.8 Å². The van der Waals surface area contributed by atoms with Crippen molar-refractivity contribution in [3.8, 4) is 22.6 Å². The zero-order valence-corrected chi connectivity index (χ0v) is 19.5. The molecule has 0 aliphatic carbocycles. The molecule has 0 amide bonds. The molecule has 0 saturated carbocycles. The Morgan fingerprint density at radius 3 is 1.32 bits per heavy atom. The van der Waals surface area contributed by atoms with Crippen molar-refractivity contribution < 1.29 is 9.47 Å². The summed E-state index contributed by atoms with van der Waals surface area (Å²) in [4.78, 5) is 0. The fraction of sp³-hybridized carbons (Fsp3) is 0.125. The highest BCUT2D eigenvalue weighted by atomic mass is 16.5. The molecule has 0 aliphatic heterocycles. The molecule has 0 aromatic heterocycles. The monoisotopic (exact) mass is 446 g/mol. The first-order chi connectivity index (χ1) is 16.8. The molecule has 0 heterocycles. The number of rotatable bonds is 11. The summed E-state index contributed by atoms with van der Waals surface area (Å²) in [5.41, 5.74) is 6.83. The van der Waals surface area contributed by atoms with E-state index in [9.17, 15) is 0 Å². The van der Waals surface area contributed by atoms with Crippen LogP contribution in [-0.2, 0) is 26.1 Å². The summed E-state index contributed by atoms with van der Waals surface area (Å²) in [6, 6.07) is 33.2. The van der Waals surface area contributed by atoms with Gasteiger partial charge in [-0.25, -0.2) is 0 Å². The predicted octanol–water partition coefficient (Wildman–Crippen LogP) is 7.97. The second kappa shape index (κ2) is 11.7. The molecule has 34 heavy (non-hydrogen) atoms. The van der Waals surface area contributed by atoms with Gasteiger partial charge in [0.05, 0.1) is 0 Å².